The third-order valence-electron chi connectivity index (χ3n) is 2.83. The Morgan fingerprint density at radius 3 is 2.39 bits per heavy atom. The molecule has 0 saturated carbocycles. The minimum absolute atomic E-state index is 0.0609. The van der Waals surface area contributed by atoms with Crippen LogP contribution in [0.15, 0.2) is 12.3 Å². The predicted octanol–water partition coefficient (Wildman–Crippen LogP) is 3.54. The molecule has 0 spiro atoms. The Morgan fingerprint density at radius 1 is 1.39 bits per heavy atom. The molecule has 1 unspecified atom stereocenters. The average Bonchev–Trinajstić information content (AvgIpc) is 2.25. The fourth-order valence-electron chi connectivity index (χ4n) is 1.65. The van der Waals surface area contributed by atoms with Gasteiger partial charge >= 0.3 is 6.18 Å². The summed E-state index contributed by atoms with van der Waals surface area (Å²) in [5.41, 5.74) is -0.334. The van der Waals surface area contributed by atoms with Gasteiger partial charge in [0.2, 0.25) is 0 Å². The lowest BCUT2D eigenvalue weighted by molar-refractivity contribution is -0.137. The number of aromatic nitrogens is 1. The van der Waals surface area contributed by atoms with E-state index in [-0.39, 0.29) is 11.1 Å². The molecule has 0 saturated heterocycles. The lowest BCUT2D eigenvalue weighted by Crippen LogP contribution is -2.33. The molecule has 0 fully saturated rings. The largest absolute Gasteiger partial charge is 0.417 e. The number of hydrogen-bond acceptors (Lipinski definition) is 2. The zero-order valence-corrected chi connectivity index (χ0v) is 11.2. The number of halogens is 4. The van der Waals surface area contributed by atoms with Crippen LogP contribution in [-0.4, -0.2) is 18.1 Å². The second-order valence-corrected chi connectivity index (χ2v) is 4.90. The highest BCUT2D eigenvalue weighted by Crippen LogP contribution is 2.31. The topological polar surface area (TPSA) is 24.9 Å². The number of pyridine rings is 1. The van der Waals surface area contributed by atoms with Gasteiger partial charge in [-0.15, -0.1) is 0 Å². The fourth-order valence-corrected chi connectivity index (χ4v) is 1.89. The highest BCUT2D eigenvalue weighted by Gasteiger charge is 2.31. The van der Waals surface area contributed by atoms with Crippen LogP contribution in [0.5, 0.6) is 0 Å². The minimum atomic E-state index is -4.41. The maximum Gasteiger partial charge on any atom is 0.417 e. The number of nitrogens with one attached hydrogen (secondary N) is 1. The smallest absolute Gasteiger partial charge is 0.316 e. The van der Waals surface area contributed by atoms with E-state index >= 15 is 0 Å². The molecule has 0 amide bonds. The minimum Gasteiger partial charge on any atom is -0.316 e. The van der Waals surface area contributed by atoms with E-state index in [2.05, 4.69) is 10.3 Å². The van der Waals surface area contributed by atoms with Crippen molar-refractivity contribution in [2.24, 2.45) is 5.92 Å². The number of alkyl halides is 3. The number of likely N-dealkylation sites (N-methyl/N-ethyl adjacent to an activating group) is 1. The van der Waals surface area contributed by atoms with Crippen LogP contribution in [0.25, 0.3) is 0 Å². The first-order valence-corrected chi connectivity index (χ1v) is 6.02. The summed E-state index contributed by atoms with van der Waals surface area (Å²) in [5, 5.41) is 3.16. The molecule has 0 radical (unpaired) electrons. The molecule has 1 aromatic heterocycles. The van der Waals surface area contributed by atoms with E-state index in [9.17, 15) is 13.2 Å². The number of nitrogens with zero attached hydrogens (tertiary/aromatic N) is 1. The van der Waals surface area contributed by atoms with E-state index in [4.69, 9.17) is 11.6 Å². The van der Waals surface area contributed by atoms with Gasteiger partial charge in [-0.1, -0.05) is 25.4 Å². The van der Waals surface area contributed by atoms with Crippen molar-refractivity contribution in [2.45, 2.75) is 32.5 Å². The Labute approximate surface area is 110 Å². The molecule has 1 N–H and O–H groups in total. The Balaban J connectivity index is 2.93. The van der Waals surface area contributed by atoms with E-state index < -0.39 is 11.7 Å². The average molecular weight is 281 g/mol. The number of rotatable bonds is 4. The Bertz CT molecular complexity index is 405. The van der Waals surface area contributed by atoms with Crippen molar-refractivity contribution in [3.63, 3.8) is 0 Å². The summed E-state index contributed by atoms with van der Waals surface area (Å²) in [5.74, 6) is 0.343. The van der Waals surface area contributed by atoms with Gasteiger partial charge in [0.15, 0.2) is 0 Å². The molecule has 0 aliphatic heterocycles. The molecular weight excluding hydrogens is 265 g/mol. The van der Waals surface area contributed by atoms with Crippen LogP contribution in [0.2, 0.25) is 5.02 Å². The first kappa shape index (κ1) is 15.2. The maximum atomic E-state index is 12.4. The van der Waals surface area contributed by atoms with Crippen LogP contribution in [0.4, 0.5) is 13.2 Å². The molecule has 0 aliphatic carbocycles. The van der Waals surface area contributed by atoms with Gasteiger partial charge in [-0.05, 0) is 19.0 Å². The molecule has 1 rings (SSSR count). The first-order chi connectivity index (χ1) is 8.25. The van der Waals surface area contributed by atoms with Gasteiger partial charge in [-0.25, -0.2) is 0 Å². The van der Waals surface area contributed by atoms with E-state index in [1.54, 1.807) is 0 Å². The van der Waals surface area contributed by atoms with Crippen molar-refractivity contribution in [1.82, 2.24) is 10.3 Å². The normalized spacial score (nSPS) is 14.0. The fraction of sp³-hybridized carbons (Fsp3) is 0.583. The first-order valence-electron chi connectivity index (χ1n) is 5.64. The van der Waals surface area contributed by atoms with Crippen molar-refractivity contribution in [3.05, 3.63) is 28.5 Å². The zero-order chi connectivity index (χ0) is 13.9. The van der Waals surface area contributed by atoms with Crippen molar-refractivity contribution in [3.8, 4) is 0 Å². The molecule has 102 valence electrons. The summed E-state index contributed by atoms with van der Waals surface area (Å²) < 4.78 is 37.3. The third kappa shape index (κ3) is 3.85. The molecule has 0 aliphatic rings. The second-order valence-electron chi connectivity index (χ2n) is 4.49. The van der Waals surface area contributed by atoms with Gasteiger partial charge in [0.05, 0.1) is 16.3 Å². The van der Waals surface area contributed by atoms with Crippen LogP contribution in [-0.2, 0) is 12.6 Å². The molecule has 0 bridgehead atoms. The molecule has 0 aromatic carbocycles. The van der Waals surface area contributed by atoms with Crippen molar-refractivity contribution in [1.29, 1.82) is 0 Å². The Hall–Kier alpha value is -0.810. The standard InChI is InChI=1S/C12H16ClF3N2/c1-7(2)10(17-3)5-11-9(13)4-8(6-18-11)12(14,15)16/h4,6-7,10,17H,5H2,1-3H3. The quantitative estimate of drug-likeness (QED) is 0.912. The van der Waals surface area contributed by atoms with Crippen LogP contribution < -0.4 is 5.32 Å². The van der Waals surface area contributed by atoms with Crippen LogP contribution in [0.3, 0.4) is 0 Å². The van der Waals surface area contributed by atoms with Gasteiger partial charge in [-0.2, -0.15) is 13.2 Å². The second kappa shape index (κ2) is 5.89. The lowest BCUT2D eigenvalue weighted by Gasteiger charge is -2.20. The number of hydrogen-bond donors (Lipinski definition) is 1. The van der Waals surface area contributed by atoms with Gasteiger partial charge in [0, 0.05) is 18.7 Å². The highest BCUT2D eigenvalue weighted by molar-refractivity contribution is 6.31. The maximum absolute atomic E-state index is 12.4. The Morgan fingerprint density at radius 2 is 2.00 bits per heavy atom. The summed E-state index contributed by atoms with van der Waals surface area (Å²) in [6.45, 7) is 4.05. The summed E-state index contributed by atoms with van der Waals surface area (Å²) in [6.07, 6.45) is -3.07. The molecule has 18 heavy (non-hydrogen) atoms. The van der Waals surface area contributed by atoms with Crippen LogP contribution >= 0.6 is 11.6 Å². The van der Waals surface area contributed by atoms with Gasteiger partial charge in [0.25, 0.3) is 0 Å². The van der Waals surface area contributed by atoms with Gasteiger partial charge in [-0.3, -0.25) is 4.98 Å². The van der Waals surface area contributed by atoms with E-state index in [1.807, 2.05) is 20.9 Å². The van der Waals surface area contributed by atoms with Crippen LogP contribution in [0, 0.1) is 5.92 Å². The lowest BCUT2D eigenvalue weighted by atomic mass is 9.99. The predicted molar refractivity (Wildman–Crippen MR) is 65.6 cm³/mol. The van der Waals surface area contributed by atoms with Crippen LogP contribution in [0.1, 0.15) is 25.1 Å². The zero-order valence-electron chi connectivity index (χ0n) is 10.5. The van der Waals surface area contributed by atoms with Crippen molar-refractivity contribution in [2.75, 3.05) is 7.05 Å². The SMILES string of the molecule is CNC(Cc1ncc(C(F)(F)F)cc1Cl)C(C)C. The summed E-state index contributed by atoms with van der Waals surface area (Å²) >= 11 is 5.85. The van der Waals surface area contributed by atoms with E-state index in [1.165, 1.54) is 0 Å². The van der Waals surface area contributed by atoms with Crippen molar-refractivity contribution >= 4 is 11.6 Å². The van der Waals surface area contributed by atoms with E-state index in [0.29, 0.717) is 18.0 Å². The monoisotopic (exact) mass is 280 g/mol. The third-order valence-corrected chi connectivity index (χ3v) is 3.16. The van der Waals surface area contributed by atoms with Gasteiger partial charge < -0.3 is 5.32 Å². The molecule has 2 nitrogen and oxygen atoms in total. The molecule has 1 aromatic rings. The molecule has 1 atom stereocenters. The van der Waals surface area contributed by atoms with Crippen molar-refractivity contribution < 1.29 is 13.2 Å². The highest BCUT2D eigenvalue weighted by atomic mass is 35.5. The van der Waals surface area contributed by atoms with E-state index in [0.717, 1.165) is 12.3 Å². The summed E-state index contributed by atoms with van der Waals surface area (Å²) in [7, 11) is 1.81. The molecule has 1 heterocycles. The summed E-state index contributed by atoms with van der Waals surface area (Å²) in [4.78, 5) is 3.82. The molecular formula is C12H16ClF3N2. The Kier molecular flexibility index (Phi) is 4.99. The summed E-state index contributed by atoms with van der Waals surface area (Å²) in [6, 6.07) is 1.06. The molecule has 6 heteroatoms. The van der Waals surface area contributed by atoms with Gasteiger partial charge in [0.1, 0.15) is 0 Å².